The highest BCUT2D eigenvalue weighted by molar-refractivity contribution is 6.30. The number of carbonyl (C=O) groups excluding carboxylic acids is 2. The van der Waals surface area contributed by atoms with Crippen molar-refractivity contribution in [1.29, 1.82) is 0 Å². The van der Waals surface area contributed by atoms with Crippen LogP contribution in [-0.4, -0.2) is 39.7 Å². The van der Waals surface area contributed by atoms with Gasteiger partial charge in [-0.05, 0) is 30.3 Å². The normalized spacial score (nSPS) is 20.2. The van der Waals surface area contributed by atoms with E-state index >= 15 is 0 Å². The fourth-order valence-electron chi connectivity index (χ4n) is 4.37. The number of fused-ring (bicyclic) bond motifs is 3. The second kappa shape index (κ2) is 6.17. The monoisotopic (exact) mass is 389 g/mol. The van der Waals surface area contributed by atoms with E-state index in [1.807, 2.05) is 36.4 Å². The summed E-state index contributed by atoms with van der Waals surface area (Å²) in [6, 6.07) is 18.3. The van der Waals surface area contributed by atoms with Gasteiger partial charge in [0, 0.05) is 47.2 Å². The lowest BCUT2D eigenvalue weighted by atomic mass is 9.89. The summed E-state index contributed by atoms with van der Waals surface area (Å²) < 4.78 is 0. The van der Waals surface area contributed by atoms with Gasteiger partial charge in [0.2, 0.25) is 0 Å². The van der Waals surface area contributed by atoms with Crippen molar-refractivity contribution in [1.82, 2.24) is 14.8 Å². The van der Waals surface area contributed by atoms with E-state index in [1.54, 1.807) is 46.5 Å². The Balaban J connectivity index is 1.76. The largest absolute Gasteiger partial charge is 0.306 e. The Labute approximate surface area is 167 Å². The van der Waals surface area contributed by atoms with Crippen molar-refractivity contribution in [2.45, 2.75) is 5.66 Å². The summed E-state index contributed by atoms with van der Waals surface area (Å²) in [7, 11) is 0. The maximum Gasteiger partial charge on any atom is 0.257 e. The molecule has 0 bridgehead atoms. The van der Waals surface area contributed by atoms with Crippen LogP contribution in [0.25, 0.3) is 0 Å². The number of hydrogen-bond donors (Lipinski definition) is 0. The van der Waals surface area contributed by atoms with Crippen molar-refractivity contribution < 1.29 is 9.59 Å². The van der Waals surface area contributed by atoms with Crippen LogP contribution in [0.2, 0.25) is 5.02 Å². The molecule has 3 heterocycles. The van der Waals surface area contributed by atoms with Crippen molar-refractivity contribution in [3.05, 3.63) is 100 Å². The Morgan fingerprint density at radius 1 is 1.00 bits per heavy atom. The van der Waals surface area contributed by atoms with Gasteiger partial charge >= 0.3 is 0 Å². The van der Waals surface area contributed by atoms with Gasteiger partial charge in [-0.15, -0.1) is 0 Å². The second-order valence-corrected chi connectivity index (χ2v) is 7.32. The molecule has 28 heavy (non-hydrogen) atoms. The van der Waals surface area contributed by atoms with E-state index in [0.29, 0.717) is 29.2 Å². The van der Waals surface area contributed by atoms with E-state index in [1.165, 1.54) is 0 Å². The zero-order valence-electron chi connectivity index (χ0n) is 14.9. The minimum atomic E-state index is -0.981. The molecule has 1 saturated heterocycles. The van der Waals surface area contributed by atoms with Crippen molar-refractivity contribution in [2.75, 3.05) is 13.1 Å². The molecule has 1 aromatic heterocycles. The molecule has 0 radical (unpaired) electrons. The van der Waals surface area contributed by atoms with E-state index in [2.05, 4.69) is 4.98 Å². The lowest BCUT2D eigenvalue weighted by Crippen LogP contribution is -2.51. The summed E-state index contributed by atoms with van der Waals surface area (Å²) in [5.74, 6) is -0.220. The highest BCUT2D eigenvalue weighted by Gasteiger charge is 2.59. The summed E-state index contributed by atoms with van der Waals surface area (Å²) in [5, 5.41) is 0.604. The molecule has 3 aromatic rings. The van der Waals surface area contributed by atoms with Gasteiger partial charge in [-0.25, -0.2) is 0 Å². The van der Waals surface area contributed by atoms with Crippen LogP contribution in [0.3, 0.4) is 0 Å². The SMILES string of the molecule is O=C(c1cccnc1)N1CCN2C(=O)c3ccccc3C12c1ccc(Cl)cc1. The number of pyridine rings is 1. The number of halogens is 1. The van der Waals surface area contributed by atoms with Crippen LogP contribution in [0.5, 0.6) is 0 Å². The lowest BCUT2D eigenvalue weighted by molar-refractivity contribution is 0.0375. The van der Waals surface area contributed by atoms with Crippen LogP contribution >= 0.6 is 11.6 Å². The smallest absolute Gasteiger partial charge is 0.257 e. The molecule has 5 nitrogen and oxygen atoms in total. The minimum absolute atomic E-state index is 0.0629. The van der Waals surface area contributed by atoms with Gasteiger partial charge in [0.05, 0.1) is 5.56 Å². The highest BCUT2D eigenvalue weighted by Crippen LogP contribution is 2.50. The molecule has 0 aliphatic carbocycles. The Hall–Kier alpha value is -3.18. The molecule has 0 spiro atoms. The van der Waals surface area contributed by atoms with Crippen LogP contribution in [-0.2, 0) is 5.66 Å². The molecular formula is C22H16ClN3O2. The number of hydrogen-bond acceptors (Lipinski definition) is 3. The number of amides is 2. The average Bonchev–Trinajstić information content (AvgIpc) is 3.25. The van der Waals surface area contributed by atoms with E-state index in [4.69, 9.17) is 11.6 Å². The topological polar surface area (TPSA) is 53.5 Å². The molecule has 2 amide bonds. The van der Waals surface area contributed by atoms with Crippen molar-refractivity contribution in [3.63, 3.8) is 0 Å². The molecule has 1 atom stereocenters. The first-order valence-electron chi connectivity index (χ1n) is 9.03. The molecule has 0 N–H and O–H groups in total. The summed E-state index contributed by atoms with van der Waals surface area (Å²) >= 11 is 6.11. The number of benzene rings is 2. The standard InChI is InChI=1S/C22H16ClN3O2/c23-17-9-7-16(8-10-17)22-19-6-2-1-5-18(19)21(28)26(22)13-12-25(22)20(27)15-4-3-11-24-14-15/h1-11,14H,12-13H2. The van der Waals surface area contributed by atoms with Crippen LogP contribution in [0, 0.1) is 0 Å². The molecule has 1 fully saturated rings. The van der Waals surface area contributed by atoms with Crippen molar-refractivity contribution >= 4 is 23.4 Å². The Morgan fingerprint density at radius 3 is 2.54 bits per heavy atom. The molecule has 138 valence electrons. The first-order valence-corrected chi connectivity index (χ1v) is 9.41. The molecule has 2 aromatic carbocycles. The fraction of sp³-hybridized carbons (Fsp3) is 0.136. The zero-order valence-corrected chi connectivity index (χ0v) is 15.6. The highest BCUT2D eigenvalue weighted by atomic mass is 35.5. The summed E-state index contributed by atoms with van der Waals surface area (Å²) in [5.41, 5.74) is 1.79. The van der Waals surface area contributed by atoms with E-state index in [0.717, 1.165) is 11.1 Å². The van der Waals surface area contributed by atoms with Gasteiger partial charge in [-0.1, -0.05) is 41.9 Å². The third-order valence-electron chi connectivity index (χ3n) is 5.51. The summed E-state index contributed by atoms with van der Waals surface area (Å²) in [6.45, 7) is 0.901. The summed E-state index contributed by atoms with van der Waals surface area (Å²) in [4.78, 5) is 34.3. The van der Waals surface area contributed by atoms with Crippen LogP contribution in [0.1, 0.15) is 31.8 Å². The van der Waals surface area contributed by atoms with Crippen LogP contribution in [0.4, 0.5) is 0 Å². The van der Waals surface area contributed by atoms with Gasteiger partial charge in [-0.3, -0.25) is 14.6 Å². The van der Waals surface area contributed by atoms with Gasteiger partial charge in [0.1, 0.15) is 0 Å². The van der Waals surface area contributed by atoms with Gasteiger partial charge in [0.15, 0.2) is 5.66 Å². The average molecular weight is 390 g/mol. The quantitative estimate of drug-likeness (QED) is 0.673. The maximum absolute atomic E-state index is 13.5. The van der Waals surface area contributed by atoms with E-state index in [-0.39, 0.29) is 11.8 Å². The third kappa shape index (κ3) is 2.17. The number of rotatable bonds is 2. The van der Waals surface area contributed by atoms with Crippen LogP contribution in [0.15, 0.2) is 73.1 Å². The molecule has 5 rings (SSSR count). The Kier molecular flexibility index (Phi) is 3.74. The number of aromatic nitrogens is 1. The number of carbonyl (C=O) groups is 2. The van der Waals surface area contributed by atoms with Gasteiger partial charge in [-0.2, -0.15) is 0 Å². The fourth-order valence-corrected chi connectivity index (χ4v) is 4.50. The molecule has 2 aliphatic rings. The second-order valence-electron chi connectivity index (χ2n) is 6.88. The maximum atomic E-state index is 13.5. The predicted molar refractivity (Wildman–Crippen MR) is 105 cm³/mol. The Morgan fingerprint density at radius 2 is 1.79 bits per heavy atom. The van der Waals surface area contributed by atoms with E-state index in [9.17, 15) is 9.59 Å². The molecule has 1 unspecified atom stereocenters. The van der Waals surface area contributed by atoms with E-state index < -0.39 is 5.66 Å². The molecule has 0 saturated carbocycles. The molecular weight excluding hydrogens is 374 g/mol. The minimum Gasteiger partial charge on any atom is -0.306 e. The third-order valence-corrected chi connectivity index (χ3v) is 5.76. The lowest BCUT2D eigenvalue weighted by Gasteiger charge is -2.40. The van der Waals surface area contributed by atoms with Crippen LogP contribution < -0.4 is 0 Å². The zero-order chi connectivity index (χ0) is 19.3. The summed E-state index contributed by atoms with van der Waals surface area (Å²) in [6.07, 6.45) is 3.19. The van der Waals surface area contributed by atoms with Gasteiger partial charge < -0.3 is 9.80 Å². The van der Waals surface area contributed by atoms with Gasteiger partial charge in [0.25, 0.3) is 11.8 Å². The first kappa shape index (κ1) is 17.0. The molecule has 2 aliphatic heterocycles. The molecule has 6 heteroatoms. The Bertz CT molecular complexity index is 1080. The predicted octanol–water partition coefficient (Wildman–Crippen LogP) is 3.55. The van der Waals surface area contributed by atoms with Crippen molar-refractivity contribution in [2.24, 2.45) is 0 Å². The first-order chi connectivity index (χ1) is 13.6. The van der Waals surface area contributed by atoms with Crippen molar-refractivity contribution in [3.8, 4) is 0 Å². The number of nitrogens with zero attached hydrogens (tertiary/aromatic N) is 3.